The third kappa shape index (κ3) is 2.02. The van der Waals surface area contributed by atoms with E-state index in [4.69, 9.17) is 0 Å². The highest BCUT2D eigenvalue weighted by molar-refractivity contribution is 5.42. The molecular formula is C19H28O. The zero-order valence-corrected chi connectivity index (χ0v) is 13.4. The Bertz CT molecular complexity index is 514. The van der Waals surface area contributed by atoms with E-state index in [1.165, 1.54) is 23.1 Å². The maximum Gasteiger partial charge on any atom is 0.0656 e. The van der Waals surface area contributed by atoms with E-state index in [1.807, 2.05) is 0 Å². The van der Waals surface area contributed by atoms with Gasteiger partial charge in [-0.3, -0.25) is 0 Å². The zero-order chi connectivity index (χ0) is 14.5. The van der Waals surface area contributed by atoms with Gasteiger partial charge in [0.2, 0.25) is 0 Å². The van der Waals surface area contributed by atoms with Crippen LogP contribution in [0, 0.1) is 5.92 Å². The summed E-state index contributed by atoms with van der Waals surface area (Å²) in [6.45, 7) is 8.97. The van der Waals surface area contributed by atoms with Gasteiger partial charge in [-0.05, 0) is 73.0 Å². The van der Waals surface area contributed by atoms with Gasteiger partial charge in [-0.25, -0.2) is 0 Å². The zero-order valence-electron chi connectivity index (χ0n) is 13.4. The Hall–Kier alpha value is -0.820. The van der Waals surface area contributed by atoms with E-state index >= 15 is 0 Å². The van der Waals surface area contributed by atoms with Gasteiger partial charge in [-0.2, -0.15) is 0 Å². The third-order valence-electron chi connectivity index (χ3n) is 6.01. The average Bonchev–Trinajstić information content (AvgIpc) is 2.37. The van der Waals surface area contributed by atoms with Crippen molar-refractivity contribution in [2.75, 3.05) is 0 Å². The fourth-order valence-electron chi connectivity index (χ4n) is 4.84. The molecule has 1 fully saturated rings. The first-order valence-electron chi connectivity index (χ1n) is 8.20. The van der Waals surface area contributed by atoms with Crippen molar-refractivity contribution < 1.29 is 5.11 Å². The minimum Gasteiger partial charge on any atom is -0.390 e. The van der Waals surface area contributed by atoms with Crippen molar-refractivity contribution in [1.82, 2.24) is 0 Å². The summed E-state index contributed by atoms with van der Waals surface area (Å²) < 4.78 is 0. The highest BCUT2D eigenvalue weighted by Crippen LogP contribution is 2.53. The molecule has 1 N–H and O–H groups in total. The highest BCUT2D eigenvalue weighted by atomic mass is 16.3. The highest BCUT2D eigenvalue weighted by Gasteiger charge is 2.50. The van der Waals surface area contributed by atoms with Gasteiger partial charge in [0, 0.05) is 0 Å². The summed E-state index contributed by atoms with van der Waals surface area (Å²) in [7, 11) is 0. The largest absolute Gasteiger partial charge is 0.390 e. The molecule has 1 nitrogen and oxygen atoms in total. The maximum atomic E-state index is 10.8. The van der Waals surface area contributed by atoms with Crippen molar-refractivity contribution in [3.8, 4) is 0 Å². The molecule has 0 aromatic heterocycles. The normalized spacial score (nSPS) is 36.6. The molecule has 1 aromatic rings. The van der Waals surface area contributed by atoms with Gasteiger partial charge in [0.05, 0.1) is 5.60 Å². The van der Waals surface area contributed by atoms with Crippen LogP contribution in [-0.4, -0.2) is 10.7 Å². The smallest absolute Gasteiger partial charge is 0.0656 e. The molecule has 3 atom stereocenters. The summed E-state index contributed by atoms with van der Waals surface area (Å²) >= 11 is 0. The minimum absolute atomic E-state index is 0.171. The van der Waals surface area contributed by atoms with Gasteiger partial charge < -0.3 is 5.11 Å². The molecule has 0 spiro atoms. The third-order valence-corrected chi connectivity index (χ3v) is 6.01. The monoisotopic (exact) mass is 272 g/mol. The van der Waals surface area contributed by atoms with Gasteiger partial charge in [-0.1, -0.05) is 39.0 Å². The molecule has 20 heavy (non-hydrogen) atoms. The van der Waals surface area contributed by atoms with E-state index in [2.05, 4.69) is 45.9 Å². The summed E-state index contributed by atoms with van der Waals surface area (Å²) in [5, 5.41) is 10.8. The Kier molecular flexibility index (Phi) is 3.25. The van der Waals surface area contributed by atoms with Gasteiger partial charge in [0.1, 0.15) is 0 Å². The van der Waals surface area contributed by atoms with Crippen LogP contribution in [0.4, 0.5) is 0 Å². The van der Waals surface area contributed by atoms with Gasteiger partial charge in [0.15, 0.2) is 0 Å². The average molecular weight is 272 g/mol. The van der Waals surface area contributed by atoms with E-state index in [0.717, 1.165) is 25.7 Å². The lowest BCUT2D eigenvalue weighted by Crippen LogP contribution is -2.52. The molecular weight excluding hydrogens is 244 g/mol. The van der Waals surface area contributed by atoms with Crippen LogP contribution in [0.1, 0.15) is 76.0 Å². The second-order valence-electron chi connectivity index (χ2n) is 7.79. The van der Waals surface area contributed by atoms with Crippen molar-refractivity contribution in [2.24, 2.45) is 5.92 Å². The fourth-order valence-corrected chi connectivity index (χ4v) is 4.84. The molecule has 3 rings (SSSR count). The Morgan fingerprint density at radius 3 is 2.65 bits per heavy atom. The molecule has 0 amide bonds. The number of aryl methyl sites for hydroxylation is 1. The predicted octanol–water partition coefficient (Wildman–Crippen LogP) is 4.57. The first kappa shape index (κ1) is 14.1. The molecule has 2 aliphatic carbocycles. The number of hydrogen-bond donors (Lipinski definition) is 1. The van der Waals surface area contributed by atoms with Crippen LogP contribution >= 0.6 is 0 Å². The topological polar surface area (TPSA) is 20.2 Å². The van der Waals surface area contributed by atoms with Crippen molar-refractivity contribution in [3.63, 3.8) is 0 Å². The second kappa shape index (κ2) is 4.59. The second-order valence-corrected chi connectivity index (χ2v) is 7.79. The molecule has 0 radical (unpaired) electrons. The summed E-state index contributed by atoms with van der Waals surface area (Å²) in [6.07, 6.45) is 5.60. The summed E-state index contributed by atoms with van der Waals surface area (Å²) in [5.74, 6) is 1.02. The molecule has 0 bridgehead atoms. The Morgan fingerprint density at radius 2 is 1.95 bits per heavy atom. The van der Waals surface area contributed by atoms with Crippen molar-refractivity contribution in [3.05, 3.63) is 34.9 Å². The Morgan fingerprint density at radius 1 is 1.20 bits per heavy atom. The molecule has 1 aromatic carbocycles. The minimum atomic E-state index is -0.485. The predicted molar refractivity (Wildman–Crippen MR) is 84.2 cm³/mol. The Labute approximate surface area is 123 Å². The lowest BCUT2D eigenvalue weighted by molar-refractivity contribution is -0.0748. The molecule has 0 aliphatic heterocycles. The summed E-state index contributed by atoms with van der Waals surface area (Å²) in [5.41, 5.74) is 4.19. The van der Waals surface area contributed by atoms with Crippen molar-refractivity contribution in [2.45, 2.75) is 76.7 Å². The fraction of sp³-hybridized carbons (Fsp3) is 0.684. The van der Waals surface area contributed by atoms with Gasteiger partial charge >= 0.3 is 0 Å². The van der Waals surface area contributed by atoms with Crippen LogP contribution < -0.4 is 0 Å². The quantitative estimate of drug-likeness (QED) is 0.794. The summed E-state index contributed by atoms with van der Waals surface area (Å²) in [6, 6.07) is 7.09. The molecule has 0 unspecified atom stereocenters. The van der Waals surface area contributed by atoms with E-state index in [9.17, 15) is 5.11 Å². The lowest BCUT2D eigenvalue weighted by Gasteiger charge is -2.53. The first-order chi connectivity index (χ1) is 9.34. The standard InChI is InChI=1S/C19H28O/c1-13(2)14-6-8-16-15(12-14)7-9-17-18(16,3)10-5-11-19(17,4)20/h6,8,12-13,17,20H,5,7,9-11H2,1-4H3/t17-,18-,19+/m1/s1. The first-order valence-corrected chi connectivity index (χ1v) is 8.20. The van der Waals surface area contributed by atoms with Crippen LogP contribution in [0.15, 0.2) is 18.2 Å². The number of benzene rings is 1. The number of fused-ring (bicyclic) bond motifs is 3. The van der Waals surface area contributed by atoms with Crippen LogP contribution in [0.2, 0.25) is 0 Å². The van der Waals surface area contributed by atoms with Crippen LogP contribution in [0.3, 0.4) is 0 Å². The van der Waals surface area contributed by atoms with Crippen molar-refractivity contribution >= 4 is 0 Å². The number of hydrogen-bond acceptors (Lipinski definition) is 1. The molecule has 1 heteroatoms. The lowest BCUT2D eigenvalue weighted by atomic mass is 9.53. The molecule has 0 saturated heterocycles. The molecule has 2 aliphatic rings. The SMILES string of the molecule is CC(C)c1ccc2c(c1)CC[C@H]1[C@@](C)(O)CCC[C@]21C. The number of aliphatic hydroxyl groups is 1. The molecule has 1 saturated carbocycles. The van der Waals surface area contributed by atoms with E-state index in [-0.39, 0.29) is 5.41 Å². The van der Waals surface area contributed by atoms with Crippen molar-refractivity contribution in [1.29, 1.82) is 0 Å². The van der Waals surface area contributed by atoms with E-state index in [0.29, 0.717) is 11.8 Å². The molecule has 110 valence electrons. The van der Waals surface area contributed by atoms with Crippen LogP contribution in [-0.2, 0) is 11.8 Å². The van der Waals surface area contributed by atoms with Gasteiger partial charge in [-0.15, -0.1) is 0 Å². The Balaban J connectivity index is 2.06. The molecule has 0 heterocycles. The van der Waals surface area contributed by atoms with Crippen LogP contribution in [0.5, 0.6) is 0 Å². The maximum absolute atomic E-state index is 10.8. The van der Waals surface area contributed by atoms with E-state index < -0.39 is 5.60 Å². The number of rotatable bonds is 1. The van der Waals surface area contributed by atoms with Gasteiger partial charge in [0.25, 0.3) is 0 Å². The summed E-state index contributed by atoms with van der Waals surface area (Å²) in [4.78, 5) is 0. The van der Waals surface area contributed by atoms with E-state index in [1.54, 1.807) is 0 Å². The van der Waals surface area contributed by atoms with Crippen LogP contribution in [0.25, 0.3) is 0 Å².